The third-order valence-corrected chi connectivity index (χ3v) is 4.43. The Hall–Kier alpha value is -3.22. The summed E-state index contributed by atoms with van der Waals surface area (Å²) in [6.45, 7) is 7.14. The lowest BCUT2D eigenvalue weighted by atomic mass is 10.0. The quantitative estimate of drug-likeness (QED) is 0.489. The molecule has 0 aliphatic carbocycles. The van der Waals surface area contributed by atoms with Crippen molar-refractivity contribution in [3.8, 4) is 6.07 Å². The normalized spacial score (nSPS) is 11.3. The van der Waals surface area contributed by atoms with Crippen LogP contribution in [0.3, 0.4) is 0 Å². The Morgan fingerprint density at radius 1 is 1.37 bits per heavy atom. The predicted octanol–water partition coefficient (Wildman–Crippen LogP) is 3.97. The lowest BCUT2D eigenvalue weighted by molar-refractivity contribution is 0.0964. The van der Waals surface area contributed by atoms with Gasteiger partial charge in [-0.2, -0.15) is 10.4 Å². The molecule has 2 rings (SSSR count). The lowest BCUT2D eigenvalue weighted by Crippen LogP contribution is -2.26. The summed E-state index contributed by atoms with van der Waals surface area (Å²) in [4.78, 5) is 29.6. The van der Waals surface area contributed by atoms with Gasteiger partial charge in [-0.25, -0.2) is 9.67 Å². The number of nitriles is 1. The van der Waals surface area contributed by atoms with Crippen molar-refractivity contribution in [2.24, 2.45) is 4.99 Å². The Balaban J connectivity index is 2.57. The summed E-state index contributed by atoms with van der Waals surface area (Å²) in [7, 11) is 1.46. The molecular weight excluding hydrogens is 472 g/mol. The molecule has 0 atom stereocenters. The zero-order valence-electron chi connectivity index (χ0n) is 16.5. The summed E-state index contributed by atoms with van der Waals surface area (Å²) in [5, 5.41) is 18.7. The number of aliphatic imine (C=N–C) groups is 1. The Morgan fingerprint density at radius 2 is 2.07 bits per heavy atom. The third-order valence-electron chi connectivity index (χ3n) is 3.88. The molecule has 10 heteroatoms. The highest BCUT2D eigenvalue weighted by molar-refractivity contribution is 9.10. The van der Waals surface area contributed by atoms with Crippen LogP contribution in [0.25, 0.3) is 0 Å². The number of hydrogen-bond donors (Lipinski definition) is 2. The number of nitrogens with one attached hydrogen (secondary N) is 2. The number of amides is 2. The molecule has 2 N–H and O–H groups in total. The maximum absolute atomic E-state index is 13.1. The molecule has 8 nitrogen and oxygen atoms in total. The number of rotatable bonds is 5. The first-order chi connectivity index (χ1) is 14.2. The predicted molar refractivity (Wildman–Crippen MR) is 120 cm³/mol. The molecule has 0 radical (unpaired) electrons. The lowest BCUT2D eigenvalue weighted by Gasteiger charge is -2.15. The first kappa shape index (κ1) is 23.1. The van der Waals surface area contributed by atoms with Crippen molar-refractivity contribution < 1.29 is 9.59 Å². The van der Waals surface area contributed by atoms with Gasteiger partial charge in [0, 0.05) is 19.3 Å². The molecule has 154 valence electrons. The number of anilines is 1. The summed E-state index contributed by atoms with van der Waals surface area (Å²) in [6, 6.07) is 6.47. The van der Waals surface area contributed by atoms with Crippen LogP contribution >= 0.6 is 27.5 Å². The molecule has 2 amide bonds. The average molecular weight is 490 g/mol. The van der Waals surface area contributed by atoms with Gasteiger partial charge in [0.05, 0.1) is 27.9 Å². The zero-order chi connectivity index (χ0) is 22.4. The van der Waals surface area contributed by atoms with Gasteiger partial charge in [0.25, 0.3) is 11.8 Å². The molecule has 0 spiro atoms. The van der Waals surface area contributed by atoms with Crippen LogP contribution in [-0.4, -0.2) is 34.5 Å². The van der Waals surface area contributed by atoms with Crippen molar-refractivity contribution in [1.29, 1.82) is 5.26 Å². The molecule has 0 unspecified atom stereocenters. The minimum absolute atomic E-state index is 0.0818. The number of aryl methyl sites for hydroxylation is 1. The van der Waals surface area contributed by atoms with Crippen LogP contribution in [0, 0.1) is 18.3 Å². The van der Waals surface area contributed by atoms with Crippen LogP contribution in [-0.2, 0) is 0 Å². The Kier molecular flexibility index (Phi) is 7.69. The van der Waals surface area contributed by atoms with Crippen molar-refractivity contribution >= 4 is 50.9 Å². The molecule has 1 heterocycles. The van der Waals surface area contributed by atoms with E-state index in [1.165, 1.54) is 30.1 Å². The van der Waals surface area contributed by atoms with E-state index in [0.717, 1.165) is 0 Å². The Labute approximate surface area is 187 Å². The molecule has 0 aliphatic heterocycles. The molecule has 0 bridgehead atoms. The Morgan fingerprint density at radius 3 is 2.63 bits per heavy atom. The average Bonchev–Trinajstić information content (AvgIpc) is 3.10. The summed E-state index contributed by atoms with van der Waals surface area (Å²) < 4.78 is 1.62. The highest BCUT2D eigenvalue weighted by atomic mass is 79.9. The van der Waals surface area contributed by atoms with E-state index < -0.39 is 11.8 Å². The van der Waals surface area contributed by atoms with Gasteiger partial charge in [-0.15, -0.1) is 0 Å². The molecule has 1 aromatic carbocycles. The van der Waals surface area contributed by atoms with Gasteiger partial charge in [0.15, 0.2) is 5.84 Å². The smallest absolute Gasteiger partial charge is 0.274 e. The first-order valence-corrected chi connectivity index (χ1v) is 9.78. The second-order valence-corrected chi connectivity index (χ2v) is 7.23. The van der Waals surface area contributed by atoms with E-state index in [2.05, 4.69) is 43.2 Å². The molecule has 0 aliphatic rings. The van der Waals surface area contributed by atoms with Gasteiger partial charge in [0.2, 0.25) is 0 Å². The molecular formula is C20H18BrClN6O2. The molecule has 30 heavy (non-hydrogen) atoms. The SMILES string of the molecule is C=C(Cl)C(=NC=CC)n1nc(Br)cc1C(=O)Nc1c(C)cc(C#N)cc1C(=O)NC. The second-order valence-electron chi connectivity index (χ2n) is 5.96. The van der Waals surface area contributed by atoms with Gasteiger partial charge in [0.1, 0.15) is 10.3 Å². The zero-order valence-corrected chi connectivity index (χ0v) is 18.8. The fraction of sp³-hybridized carbons (Fsp3) is 0.150. The maximum atomic E-state index is 13.1. The first-order valence-electron chi connectivity index (χ1n) is 8.61. The van der Waals surface area contributed by atoms with E-state index in [9.17, 15) is 14.9 Å². The number of carbonyl (C=O) groups excluding carboxylic acids is 2. The van der Waals surface area contributed by atoms with Gasteiger partial charge >= 0.3 is 0 Å². The van der Waals surface area contributed by atoms with Gasteiger partial charge in [-0.1, -0.05) is 24.3 Å². The topological polar surface area (TPSA) is 112 Å². The summed E-state index contributed by atoms with van der Waals surface area (Å²) in [6.07, 6.45) is 3.18. The fourth-order valence-electron chi connectivity index (χ4n) is 2.57. The maximum Gasteiger partial charge on any atom is 0.274 e. The molecule has 0 saturated carbocycles. The Bertz CT molecular complexity index is 1130. The van der Waals surface area contributed by atoms with Gasteiger partial charge in [-0.05, 0) is 47.5 Å². The van der Waals surface area contributed by atoms with Crippen LogP contribution in [0.15, 0.2) is 51.7 Å². The standard InChI is InChI=1S/C20H18BrClN6O2/c1-5-6-25-18(12(3)22)28-15(9-16(21)27-28)20(30)26-17-11(2)7-13(10-23)8-14(17)19(29)24-4/h5-9H,3H2,1-2,4H3,(H,24,29)(H,26,30). The monoisotopic (exact) mass is 488 g/mol. The van der Waals surface area contributed by atoms with Crippen LogP contribution in [0.1, 0.15) is 38.9 Å². The van der Waals surface area contributed by atoms with E-state index in [1.807, 2.05) is 6.07 Å². The third kappa shape index (κ3) is 5.03. The number of nitrogens with zero attached hydrogens (tertiary/aromatic N) is 4. The summed E-state index contributed by atoms with van der Waals surface area (Å²) >= 11 is 9.30. The molecule has 2 aromatic rings. The number of aromatic nitrogens is 2. The molecule has 1 aromatic heterocycles. The van der Waals surface area contributed by atoms with E-state index >= 15 is 0 Å². The van der Waals surface area contributed by atoms with Crippen LogP contribution in [0.5, 0.6) is 0 Å². The van der Waals surface area contributed by atoms with Gasteiger partial charge in [-0.3, -0.25) is 9.59 Å². The van der Waals surface area contributed by atoms with E-state index in [4.69, 9.17) is 11.6 Å². The van der Waals surface area contributed by atoms with Crippen molar-refractivity contribution in [3.63, 3.8) is 0 Å². The number of carbonyl (C=O) groups is 2. The summed E-state index contributed by atoms with van der Waals surface area (Å²) in [5.74, 6) is -0.837. The van der Waals surface area contributed by atoms with E-state index in [1.54, 1.807) is 26.0 Å². The minimum atomic E-state index is -0.558. The van der Waals surface area contributed by atoms with Gasteiger partial charge < -0.3 is 10.6 Å². The van der Waals surface area contributed by atoms with Crippen molar-refractivity contribution in [1.82, 2.24) is 15.1 Å². The van der Waals surface area contributed by atoms with Crippen molar-refractivity contribution in [2.75, 3.05) is 12.4 Å². The van der Waals surface area contributed by atoms with E-state index in [-0.39, 0.29) is 27.8 Å². The summed E-state index contributed by atoms with van der Waals surface area (Å²) in [5.41, 5.74) is 1.40. The largest absolute Gasteiger partial charge is 0.355 e. The number of benzene rings is 1. The second kappa shape index (κ2) is 10.0. The number of allylic oxidation sites excluding steroid dienone is 2. The van der Waals surface area contributed by atoms with Crippen molar-refractivity contribution in [2.45, 2.75) is 13.8 Å². The van der Waals surface area contributed by atoms with Crippen molar-refractivity contribution in [3.05, 3.63) is 69.1 Å². The number of hydrogen-bond acceptors (Lipinski definition) is 5. The molecule has 0 fully saturated rings. The minimum Gasteiger partial charge on any atom is -0.355 e. The van der Waals surface area contributed by atoms with Crippen LogP contribution in [0.4, 0.5) is 5.69 Å². The van der Waals surface area contributed by atoms with Crippen LogP contribution < -0.4 is 10.6 Å². The fourth-order valence-corrected chi connectivity index (χ4v) is 3.07. The van der Waals surface area contributed by atoms with Crippen LogP contribution in [0.2, 0.25) is 0 Å². The highest BCUT2D eigenvalue weighted by Crippen LogP contribution is 2.24. The number of halogens is 2. The van der Waals surface area contributed by atoms with E-state index in [0.29, 0.717) is 15.7 Å². The molecule has 0 saturated heterocycles. The highest BCUT2D eigenvalue weighted by Gasteiger charge is 2.22.